The van der Waals surface area contributed by atoms with Crippen LogP contribution >= 0.6 is 0 Å². The molecule has 0 atom stereocenters. The predicted octanol–water partition coefficient (Wildman–Crippen LogP) is 3.56. The highest BCUT2D eigenvalue weighted by Gasteiger charge is 2.31. The van der Waals surface area contributed by atoms with Gasteiger partial charge in [0.25, 0.3) is 0 Å². The molecule has 8 heteroatoms. The van der Waals surface area contributed by atoms with E-state index in [9.17, 15) is 21.6 Å². The number of benzene rings is 2. The van der Waals surface area contributed by atoms with Gasteiger partial charge in [-0.1, -0.05) is 6.07 Å². The topological polar surface area (TPSA) is 52.6 Å². The van der Waals surface area contributed by atoms with Crippen molar-refractivity contribution < 1.29 is 31.1 Å². The van der Waals surface area contributed by atoms with Crippen LogP contribution in [0.5, 0.6) is 11.5 Å². The van der Waals surface area contributed by atoms with Gasteiger partial charge in [0.15, 0.2) is 11.5 Å². The Morgan fingerprint density at radius 2 is 1.52 bits per heavy atom. The third-order valence-corrected chi connectivity index (χ3v) is 4.94. The Morgan fingerprint density at radius 1 is 0.913 bits per heavy atom. The third kappa shape index (κ3) is 3.26. The minimum absolute atomic E-state index is 0.00472. The number of halogens is 3. The second kappa shape index (κ2) is 6.11. The van der Waals surface area contributed by atoms with Crippen molar-refractivity contribution in [2.75, 3.05) is 14.2 Å². The summed E-state index contributed by atoms with van der Waals surface area (Å²) in [5, 5.41) is 0. The first kappa shape index (κ1) is 17.1. The first-order valence-electron chi connectivity index (χ1n) is 6.35. The number of rotatable bonds is 4. The fraction of sp³-hybridized carbons (Fsp3) is 0.200. The molecular formula is C15H13F3O4S. The van der Waals surface area contributed by atoms with Crippen LogP contribution in [0.15, 0.2) is 52.3 Å². The summed E-state index contributed by atoms with van der Waals surface area (Å²) in [5.41, 5.74) is -0.922. The van der Waals surface area contributed by atoms with E-state index in [2.05, 4.69) is 0 Å². The van der Waals surface area contributed by atoms with E-state index >= 15 is 0 Å². The zero-order valence-corrected chi connectivity index (χ0v) is 13.0. The van der Waals surface area contributed by atoms with E-state index in [0.717, 1.165) is 24.3 Å². The largest absolute Gasteiger partial charge is 0.493 e. The molecule has 2 rings (SSSR count). The van der Waals surface area contributed by atoms with Gasteiger partial charge >= 0.3 is 6.18 Å². The summed E-state index contributed by atoms with van der Waals surface area (Å²) in [5.74, 6) is 0.204. The standard InChI is InChI=1S/C15H13F3O4S/c1-21-12-4-3-5-13(14(12)22-2)23(19,20)11-8-6-10(7-9-11)15(16,17)18/h3-9H,1-2H3. The molecule has 0 fully saturated rings. The second-order valence-electron chi connectivity index (χ2n) is 4.52. The first-order chi connectivity index (χ1) is 10.7. The summed E-state index contributed by atoms with van der Waals surface area (Å²) in [6, 6.07) is 7.55. The number of hydrogen-bond donors (Lipinski definition) is 0. The van der Waals surface area contributed by atoms with Crippen molar-refractivity contribution in [1.82, 2.24) is 0 Å². The number of hydrogen-bond acceptors (Lipinski definition) is 4. The zero-order valence-electron chi connectivity index (χ0n) is 12.2. The number of methoxy groups -OCH3 is 2. The van der Waals surface area contributed by atoms with Gasteiger partial charge in [0, 0.05) is 0 Å². The molecule has 0 spiro atoms. The van der Waals surface area contributed by atoms with E-state index in [1.165, 1.54) is 32.4 Å². The van der Waals surface area contributed by atoms with Gasteiger partial charge in [-0.25, -0.2) is 8.42 Å². The summed E-state index contributed by atoms with van der Waals surface area (Å²) in [6.07, 6.45) is -4.53. The average molecular weight is 346 g/mol. The Labute approximate surface area is 131 Å². The number of sulfone groups is 1. The van der Waals surface area contributed by atoms with E-state index < -0.39 is 21.6 Å². The van der Waals surface area contributed by atoms with E-state index in [4.69, 9.17) is 9.47 Å². The van der Waals surface area contributed by atoms with Crippen LogP contribution in [0.25, 0.3) is 0 Å². The van der Waals surface area contributed by atoms with E-state index in [0.29, 0.717) is 0 Å². The zero-order chi connectivity index (χ0) is 17.3. The number of alkyl halides is 3. The molecule has 124 valence electrons. The average Bonchev–Trinajstić information content (AvgIpc) is 2.53. The van der Waals surface area contributed by atoms with E-state index in [1.54, 1.807) is 0 Å². The maximum absolute atomic E-state index is 12.6. The molecule has 0 aliphatic carbocycles. The third-order valence-electron chi connectivity index (χ3n) is 3.15. The predicted molar refractivity (Wildman–Crippen MR) is 76.4 cm³/mol. The van der Waals surface area contributed by atoms with Crippen LogP contribution in [0.4, 0.5) is 13.2 Å². The molecule has 0 N–H and O–H groups in total. The van der Waals surface area contributed by atoms with Crippen molar-refractivity contribution in [3.63, 3.8) is 0 Å². The highest BCUT2D eigenvalue weighted by Crippen LogP contribution is 2.37. The maximum atomic E-state index is 12.6. The van der Waals surface area contributed by atoms with Crippen LogP contribution in [-0.2, 0) is 16.0 Å². The van der Waals surface area contributed by atoms with Crippen LogP contribution in [0.1, 0.15) is 5.56 Å². The molecule has 0 saturated carbocycles. The molecule has 0 aliphatic rings. The van der Waals surface area contributed by atoms with Crippen LogP contribution in [0, 0.1) is 0 Å². The highest BCUT2D eigenvalue weighted by atomic mass is 32.2. The summed E-state index contributed by atoms with van der Waals surface area (Å²) in [7, 11) is -1.41. The lowest BCUT2D eigenvalue weighted by atomic mass is 10.2. The van der Waals surface area contributed by atoms with Crippen LogP contribution < -0.4 is 9.47 Å². The molecule has 23 heavy (non-hydrogen) atoms. The van der Waals surface area contributed by atoms with Gasteiger partial charge in [0.1, 0.15) is 4.90 Å². The van der Waals surface area contributed by atoms with Gasteiger partial charge in [-0.05, 0) is 36.4 Å². The SMILES string of the molecule is COc1cccc(S(=O)(=O)c2ccc(C(F)(F)F)cc2)c1OC. The quantitative estimate of drug-likeness (QED) is 0.849. The molecule has 0 amide bonds. The Hall–Kier alpha value is -2.22. The molecule has 0 unspecified atom stereocenters. The highest BCUT2D eigenvalue weighted by molar-refractivity contribution is 7.91. The van der Waals surface area contributed by atoms with Gasteiger partial charge < -0.3 is 9.47 Å². The summed E-state index contributed by atoms with van der Waals surface area (Å²) < 4.78 is 73.1. The Morgan fingerprint density at radius 3 is 2.00 bits per heavy atom. The second-order valence-corrected chi connectivity index (χ2v) is 6.44. The molecule has 0 saturated heterocycles. The normalized spacial score (nSPS) is 12.0. The molecule has 2 aromatic carbocycles. The van der Waals surface area contributed by atoms with E-state index in [-0.39, 0.29) is 21.3 Å². The molecule has 0 aliphatic heterocycles. The summed E-state index contributed by atoms with van der Waals surface area (Å²) in [4.78, 5) is -0.448. The van der Waals surface area contributed by atoms with Crippen LogP contribution in [-0.4, -0.2) is 22.6 Å². The first-order valence-corrected chi connectivity index (χ1v) is 7.83. The molecule has 0 radical (unpaired) electrons. The monoisotopic (exact) mass is 346 g/mol. The fourth-order valence-corrected chi connectivity index (χ4v) is 3.45. The van der Waals surface area contributed by atoms with Crippen molar-refractivity contribution in [3.05, 3.63) is 48.0 Å². The minimum Gasteiger partial charge on any atom is -0.493 e. The van der Waals surface area contributed by atoms with Crippen LogP contribution in [0.3, 0.4) is 0 Å². The molecule has 0 heterocycles. The molecule has 2 aromatic rings. The Balaban J connectivity index is 2.55. The molecule has 0 aromatic heterocycles. The molecule has 4 nitrogen and oxygen atoms in total. The lowest BCUT2D eigenvalue weighted by Crippen LogP contribution is -2.08. The van der Waals surface area contributed by atoms with Crippen molar-refractivity contribution in [2.24, 2.45) is 0 Å². The Kier molecular flexibility index (Phi) is 4.56. The lowest BCUT2D eigenvalue weighted by Gasteiger charge is -2.13. The van der Waals surface area contributed by atoms with Crippen molar-refractivity contribution in [3.8, 4) is 11.5 Å². The van der Waals surface area contributed by atoms with E-state index in [1.807, 2.05) is 0 Å². The fourth-order valence-electron chi connectivity index (χ4n) is 2.02. The summed E-state index contributed by atoms with van der Waals surface area (Å²) >= 11 is 0. The van der Waals surface area contributed by atoms with Gasteiger partial charge in [-0.15, -0.1) is 0 Å². The maximum Gasteiger partial charge on any atom is 0.416 e. The summed E-state index contributed by atoms with van der Waals surface area (Å²) in [6.45, 7) is 0. The minimum atomic E-state index is -4.53. The number of ether oxygens (including phenoxy) is 2. The lowest BCUT2D eigenvalue weighted by molar-refractivity contribution is -0.137. The smallest absolute Gasteiger partial charge is 0.416 e. The van der Waals surface area contributed by atoms with Gasteiger partial charge in [0.2, 0.25) is 9.84 Å². The van der Waals surface area contributed by atoms with Crippen molar-refractivity contribution in [1.29, 1.82) is 0 Å². The number of para-hydroxylation sites is 1. The van der Waals surface area contributed by atoms with Gasteiger partial charge in [0.05, 0.1) is 24.7 Å². The molecule has 0 bridgehead atoms. The Bertz CT molecular complexity index is 796. The van der Waals surface area contributed by atoms with Crippen molar-refractivity contribution in [2.45, 2.75) is 16.0 Å². The van der Waals surface area contributed by atoms with Gasteiger partial charge in [-0.3, -0.25) is 0 Å². The molecular weight excluding hydrogens is 333 g/mol. The van der Waals surface area contributed by atoms with Gasteiger partial charge in [-0.2, -0.15) is 13.2 Å². The van der Waals surface area contributed by atoms with Crippen LogP contribution in [0.2, 0.25) is 0 Å². The van der Waals surface area contributed by atoms with Crippen molar-refractivity contribution >= 4 is 9.84 Å².